The number of rotatable bonds is 6. The number of carbonyl (C=O) groups excluding carboxylic acids is 1. The van der Waals surface area contributed by atoms with Crippen molar-refractivity contribution in [3.05, 3.63) is 36.3 Å². The van der Waals surface area contributed by atoms with Gasteiger partial charge in [-0.05, 0) is 12.1 Å². The fraction of sp³-hybridized carbons (Fsp3) is 0.333. The van der Waals surface area contributed by atoms with Gasteiger partial charge in [-0.25, -0.2) is 9.67 Å². The number of nitrogens with one attached hydrogen (secondary N) is 2. The van der Waals surface area contributed by atoms with Crippen LogP contribution in [-0.2, 0) is 6.54 Å². The van der Waals surface area contributed by atoms with E-state index >= 15 is 0 Å². The zero-order valence-corrected chi connectivity index (χ0v) is 11.0. The highest BCUT2D eigenvalue weighted by Crippen LogP contribution is 2.03. The lowest BCUT2D eigenvalue weighted by Gasteiger charge is -2.11. The Morgan fingerprint density at radius 2 is 2.35 bits per heavy atom. The van der Waals surface area contributed by atoms with Crippen LogP contribution in [-0.4, -0.2) is 50.7 Å². The highest BCUT2D eigenvalue weighted by atomic mass is 16.3. The molecule has 20 heavy (non-hydrogen) atoms. The molecular formula is C12H16N6O2. The van der Waals surface area contributed by atoms with Crippen LogP contribution in [0.15, 0.2) is 30.7 Å². The molecule has 0 aromatic carbocycles. The molecule has 0 spiro atoms. The minimum absolute atomic E-state index is 0.131. The molecule has 1 unspecified atom stereocenters. The minimum atomic E-state index is -0.731. The lowest BCUT2D eigenvalue weighted by molar-refractivity contribution is 0.0899. The predicted octanol–water partition coefficient (Wildman–Crippen LogP) is -0.494. The van der Waals surface area contributed by atoms with Crippen LogP contribution in [0.3, 0.4) is 0 Å². The normalized spacial score (nSPS) is 11.9. The second kappa shape index (κ2) is 6.62. The van der Waals surface area contributed by atoms with Crippen LogP contribution in [0.1, 0.15) is 10.4 Å². The van der Waals surface area contributed by atoms with Crippen LogP contribution >= 0.6 is 0 Å². The van der Waals surface area contributed by atoms with Gasteiger partial charge in [0.2, 0.25) is 0 Å². The van der Waals surface area contributed by atoms with Crippen molar-refractivity contribution < 1.29 is 9.90 Å². The number of pyridine rings is 1. The van der Waals surface area contributed by atoms with Crippen molar-refractivity contribution in [2.75, 3.05) is 18.9 Å². The summed E-state index contributed by atoms with van der Waals surface area (Å²) in [5.74, 6) is 0.408. The molecule has 8 nitrogen and oxygen atoms in total. The zero-order chi connectivity index (χ0) is 14.4. The molecule has 1 amide bonds. The molecule has 0 aliphatic rings. The number of nitrogens with zero attached hydrogens (tertiary/aromatic N) is 4. The third kappa shape index (κ3) is 3.75. The Morgan fingerprint density at radius 3 is 2.95 bits per heavy atom. The Kier molecular flexibility index (Phi) is 4.61. The van der Waals surface area contributed by atoms with Crippen molar-refractivity contribution in [2.45, 2.75) is 12.6 Å². The lowest BCUT2D eigenvalue weighted by Crippen LogP contribution is -2.34. The maximum Gasteiger partial charge on any atom is 0.252 e. The molecule has 1 atom stereocenters. The van der Waals surface area contributed by atoms with Gasteiger partial charge in [-0.3, -0.25) is 4.79 Å². The molecule has 8 heteroatoms. The van der Waals surface area contributed by atoms with Gasteiger partial charge in [0, 0.05) is 26.0 Å². The number of aromatic nitrogens is 4. The largest absolute Gasteiger partial charge is 0.389 e. The quantitative estimate of drug-likeness (QED) is 0.657. The van der Waals surface area contributed by atoms with E-state index in [-0.39, 0.29) is 19.0 Å². The summed E-state index contributed by atoms with van der Waals surface area (Å²) in [7, 11) is 1.75. The molecule has 0 fully saturated rings. The van der Waals surface area contributed by atoms with E-state index in [1.54, 1.807) is 25.4 Å². The first-order chi connectivity index (χ1) is 9.69. The summed E-state index contributed by atoms with van der Waals surface area (Å²) < 4.78 is 1.50. The minimum Gasteiger partial charge on any atom is -0.389 e. The molecule has 106 valence electrons. The Balaban J connectivity index is 1.81. The summed E-state index contributed by atoms with van der Waals surface area (Å²) in [5, 5.41) is 22.6. The molecule has 0 radical (unpaired) electrons. The molecule has 0 aliphatic carbocycles. The third-order valence-electron chi connectivity index (χ3n) is 2.65. The molecule has 0 saturated carbocycles. The maximum atomic E-state index is 11.8. The summed E-state index contributed by atoms with van der Waals surface area (Å²) in [6.07, 6.45) is 3.92. The van der Waals surface area contributed by atoms with Crippen LogP contribution in [0.25, 0.3) is 0 Å². The van der Waals surface area contributed by atoms with Crippen molar-refractivity contribution in [3.63, 3.8) is 0 Å². The number of amides is 1. The van der Waals surface area contributed by atoms with Crippen LogP contribution in [0.2, 0.25) is 0 Å². The van der Waals surface area contributed by atoms with E-state index in [4.69, 9.17) is 0 Å². The van der Waals surface area contributed by atoms with Crippen LogP contribution in [0.4, 0.5) is 5.82 Å². The van der Waals surface area contributed by atoms with Gasteiger partial charge in [0.1, 0.15) is 5.82 Å². The topological polar surface area (TPSA) is 105 Å². The molecule has 2 aromatic heterocycles. The van der Waals surface area contributed by atoms with Crippen molar-refractivity contribution >= 4 is 11.7 Å². The monoisotopic (exact) mass is 276 g/mol. The van der Waals surface area contributed by atoms with Crippen molar-refractivity contribution in [1.29, 1.82) is 0 Å². The van der Waals surface area contributed by atoms with Gasteiger partial charge in [0.25, 0.3) is 5.91 Å². The van der Waals surface area contributed by atoms with Gasteiger partial charge in [-0.1, -0.05) is 5.21 Å². The zero-order valence-electron chi connectivity index (χ0n) is 11.0. The van der Waals surface area contributed by atoms with Gasteiger partial charge >= 0.3 is 0 Å². The van der Waals surface area contributed by atoms with Gasteiger partial charge in [-0.2, -0.15) is 0 Å². The van der Waals surface area contributed by atoms with E-state index in [0.29, 0.717) is 11.4 Å². The van der Waals surface area contributed by atoms with E-state index in [1.165, 1.54) is 17.1 Å². The van der Waals surface area contributed by atoms with E-state index in [2.05, 4.69) is 25.9 Å². The summed E-state index contributed by atoms with van der Waals surface area (Å²) in [4.78, 5) is 15.9. The first kappa shape index (κ1) is 13.9. The fourth-order valence-corrected chi connectivity index (χ4v) is 1.60. The molecule has 0 saturated heterocycles. The predicted molar refractivity (Wildman–Crippen MR) is 72.1 cm³/mol. The molecular weight excluding hydrogens is 260 g/mol. The first-order valence-corrected chi connectivity index (χ1v) is 6.13. The Labute approximate surface area is 115 Å². The highest BCUT2D eigenvalue weighted by Gasteiger charge is 2.10. The molecule has 2 heterocycles. The highest BCUT2D eigenvalue weighted by molar-refractivity contribution is 5.94. The second-order valence-corrected chi connectivity index (χ2v) is 4.17. The van der Waals surface area contributed by atoms with Crippen molar-refractivity contribution in [1.82, 2.24) is 25.3 Å². The molecule has 0 aliphatic heterocycles. The molecule has 2 rings (SSSR count). The van der Waals surface area contributed by atoms with Crippen LogP contribution < -0.4 is 10.6 Å². The third-order valence-corrected chi connectivity index (χ3v) is 2.65. The van der Waals surface area contributed by atoms with E-state index in [0.717, 1.165) is 0 Å². The molecule has 0 bridgehead atoms. The summed E-state index contributed by atoms with van der Waals surface area (Å²) in [6.45, 7) is 0.406. The SMILES string of the molecule is CNc1ccc(C(=O)NCC(O)Cn2ccnn2)cn1. The summed E-state index contributed by atoms with van der Waals surface area (Å²) in [6, 6.07) is 3.37. The van der Waals surface area contributed by atoms with Gasteiger partial charge in [0.05, 0.1) is 24.4 Å². The summed E-state index contributed by atoms with van der Waals surface area (Å²) >= 11 is 0. The Hall–Kier alpha value is -2.48. The summed E-state index contributed by atoms with van der Waals surface area (Å²) in [5.41, 5.74) is 0.442. The molecule has 3 N–H and O–H groups in total. The number of aliphatic hydroxyl groups excluding tert-OH is 1. The van der Waals surface area contributed by atoms with E-state index in [1.807, 2.05) is 0 Å². The van der Waals surface area contributed by atoms with Gasteiger partial charge < -0.3 is 15.7 Å². The number of aliphatic hydroxyl groups is 1. The van der Waals surface area contributed by atoms with Crippen molar-refractivity contribution in [2.24, 2.45) is 0 Å². The second-order valence-electron chi connectivity index (χ2n) is 4.17. The van der Waals surface area contributed by atoms with Gasteiger partial charge in [-0.15, -0.1) is 5.10 Å². The van der Waals surface area contributed by atoms with Crippen molar-refractivity contribution in [3.8, 4) is 0 Å². The number of hydrogen-bond donors (Lipinski definition) is 3. The fourth-order valence-electron chi connectivity index (χ4n) is 1.60. The average Bonchev–Trinajstić information content (AvgIpc) is 2.97. The molecule has 2 aromatic rings. The average molecular weight is 276 g/mol. The Bertz CT molecular complexity index is 540. The number of anilines is 1. The number of hydrogen-bond acceptors (Lipinski definition) is 6. The maximum absolute atomic E-state index is 11.8. The van der Waals surface area contributed by atoms with Gasteiger partial charge in [0.15, 0.2) is 0 Å². The number of carbonyl (C=O) groups is 1. The lowest BCUT2D eigenvalue weighted by atomic mass is 10.2. The first-order valence-electron chi connectivity index (χ1n) is 6.13. The van der Waals surface area contributed by atoms with E-state index < -0.39 is 6.10 Å². The van der Waals surface area contributed by atoms with E-state index in [9.17, 15) is 9.90 Å². The Morgan fingerprint density at radius 1 is 1.50 bits per heavy atom. The standard InChI is InChI=1S/C12H16N6O2/c1-13-11-3-2-9(6-14-11)12(20)15-7-10(19)8-18-5-4-16-17-18/h2-6,10,19H,7-8H2,1H3,(H,13,14)(H,15,20). The smallest absolute Gasteiger partial charge is 0.252 e. The van der Waals surface area contributed by atoms with Crippen LogP contribution in [0, 0.1) is 0 Å². The van der Waals surface area contributed by atoms with Crippen LogP contribution in [0.5, 0.6) is 0 Å².